The van der Waals surface area contributed by atoms with Gasteiger partial charge >= 0.3 is 5.97 Å². The summed E-state index contributed by atoms with van der Waals surface area (Å²) in [5, 5.41) is 3.80. The van der Waals surface area contributed by atoms with Crippen LogP contribution in [0.4, 0.5) is 0 Å². The van der Waals surface area contributed by atoms with E-state index in [1.807, 2.05) is 34.0 Å². The van der Waals surface area contributed by atoms with Crippen LogP contribution in [0.1, 0.15) is 34.1 Å². The van der Waals surface area contributed by atoms with Crippen molar-refractivity contribution in [2.75, 3.05) is 13.3 Å². The molecule has 0 saturated heterocycles. The van der Waals surface area contributed by atoms with E-state index in [4.69, 9.17) is 4.74 Å². The summed E-state index contributed by atoms with van der Waals surface area (Å²) < 4.78 is 5.38. The highest BCUT2D eigenvalue weighted by Gasteiger charge is 2.25. The van der Waals surface area contributed by atoms with E-state index in [2.05, 4.69) is 16.9 Å². The number of carbonyl (C=O) groups excluding carboxylic acids is 1. The van der Waals surface area contributed by atoms with Gasteiger partial charge in [0.25, 0.3) is 0 Å². The van der Waals surface area contributed by atoms with Crippen molar-refractivity contribution in [1.82, 2.24) is 5.32 Å². The van der Waals surface area contributed by atoms with Crippen molar-refractivity contribution in [1.29, 1.82) is 0 Å². The van der Waals surface area contributed by atoms with Crippen LogP contribution in [-0.2, 0) is 9.53 Å². The molecule has 18 heavy (non-hydrogen) atoms. The van der Waals surface area contributed by atoms with Gasteiger partial charge in [0, 0.05) is 7.05 Å². The number of carbonyl (C=O) groups is 1. The monoisotopic (exact) mass is 272 g/mol. The summed E-state index contributed by atoms with van der Waals surface area (Å²) in [6.07, 6.45) is 2.44. The second kappa shape index (κ2) is 7.46. The first-order valence-electron chi connectivity index (χ1n) is 5.84. The van der Waals surface area contributed by atoms with Gasteiger partial charge in [-0.15, -0.1) is 6.58 Å². The Balaban J connectivity index is 4.77. The van der Waals surface area contributed by atoms with Crippen LogP contribution in [0.15, 0.2) is 17.1 Å². The molecule has 104 valence electrons. The third kappa shape index (κ3) is 7.37. The molecule has 0 aromatic rings. The molecular formula is C13H24N2O2S. The lowest BCUT2D eigenvalue weighted by atomic mass is 10.1. The van der Waals surface area contributed by atoms with Gasteiger partial charge in [-0.3, -0.25) is 4.99 Å². The van der Waals surface area contributed by atoms with Gasteiger partial charge in [-0.1, -0.05) is 17.3 Å². The standard InChI is InChI=1S/C13H24N2O2S/c1-9(2)8-10(15-12(14-6)18-7)11(16)17-13(3,4)5/h10H,1,8H2,2-7H3,(H,14,15). The van der Waals surface area contributed by atoms with E-state index in [0.717, 1.165) is 5.57 Å². The first-order valence-corrected chi connectivity index (χ1v) is 7.06. The number of nitrogens with zero attached hydrogens (tertiary/aromatic N) is 1. The minimum absolute atomic E-state index is 0.277. The molecule has 0 aromatic carbocycles. The van der Waals surface area contributed by atoms with Crippen molar-refractivity contribution in [3.63, 3.8) is 0 Å². The average Bonchev–Trinajstić information content (AvgIpc) is 2.21. The number of hydrogen-bond acceptors (Lipinski definition) is 4. The van der Waals surface area contributed by atoms with Crippen LogP contribution in [0.25, 0.3) is 0 Å². The molecule has 0 saturated carbocycles. The molecule has 1 atom stereocenters. The third-order valence-electron chi connectivity index (χ3n) is 1.94. The van der Waals surface area contributed by atoms with Gasteiger partial charge in [0.15, 0.2) is 5.17 Å². The van der Waals surface area contributed by atoms with Gasteiger partial charge in [-0.25, -0.2) is 4.79 Å². The molecule has 0 aromatic heterocycles. The van der Waals surface area contributed by atoms with Gasteiger partial charge in [-0.05, 0) is 40.4 Å². The lowest BCUT2D eigenvalue weighted by molar-refractivity contribution is -0.156. The van der Waals surface area contributed by atoms with Gasteiger partial charge in [-0.2, -0.15) is 0 Å². The maximum Gasteiger partial charge on any atom is 0.329 e. The number of esters is 1. The first kappa shape index (κ1) is 17.0. The van der Waals surface area contributed by atoms with Gasteiger partial charge < -0.3 is 10.1 Å². The number of amidine groups is 1. The normalized spacial score (nSPS) is 14.0. The quantitative estimate of drug-likeness (QED) is 0.370. The summed E-state index contributed by atoms with van der Waals surface area (Å²) in [7, 11) is 1.69. The molecule has 0 aliphatic heterocycles. The maximum absolute atomic E-state index is 12.1. The largest absolute Gasteiger partial charge is 0.458 e. The van der Waals surface area contributed by atoms with Gasteiger partial charge in [0.2, 0.25) is 0 Å². The van der Waals surface area contributed by atoms with E-state index >= 15 is 0 Å². The Hall–Kier alpha value is -0.970. The SMILES string of the molecule is C=C(C)CC(NC(=NC)SC)C(=O)OC(C)(C)C. The average molecular weight is 272 g/mol. The summed E-state index contributed by atoms with van der Waals surface area (Å²) in [4.78, 5) is 16.1. The number of rotatable bonds is 4. The summed E-state index contributed by atoms with van der Waals surface area (Å²) in [5.74, 6) is -0.277. The Morgan fingerprint density at radius 3 is 2.39 bits per heavy atom. The molecule has 0 fully saturated rings. The van der Waals surface area contributed by atoms with Crippen molar-refractivity contribution < 1.29 is 9.53 Å². The van der Waals surface area contributed by atoms with E-state index < -0.39 is 11.6 Å². The molecule has 0 rings (SSSR count). The van der Waals surface area contributed by atoms with Gasteiger partial charge in [0.1, 0.15) is 11.6 Å². The smallest absolute Gasteiger partial charge is 0.329 e. The Bertz CT molecular complexity index is 332. The number of nitrogens with one attached hydrogen (secondary N) is 1. The minimum Gasteiger partial charge on any atom is -0.458 e. The number of thioether (sulfide) groups is 1. The Kier molecular flexibility index (Phi) is 7.06. The Morgan fingerprint density at radius 2 is 2.06 bits per heavy atom. The zero-order valence-corrected chi connectivity index (χ0v) is 13.0. The number of hydrogen-bond donors (Lipinski definition) is 1. The molecule has 4 nitrogen and oxygen atoms in total. The van der Waals surface area contributed by atoms with E-state index in [-0.39, 0.29) is 5.97 Å². The summed E-state index contributed by atoms with van der Waals surface area (Å²) in [6.45, 7) is 11.3. The summed E-state index contributed by atoms with van der Waals surface area (Å²) >= 11 is 1.46. The van der Waals surface area contributed by atoms with E-state index in [1.54, 1.807) is 7.05 Å². The molecule has 1 unspecified atom stereocenters. The second-order valence-corrected chi connectivity index (χ2v) is 5.92. The molecule has 0 amide bonds. The zero-order chi connectivity index (χ0) is 14.3. The predicted octanol–water partition coefficient (Wildman–Crippen LogP) is 2.60. The molecule has 0 spiro atoms. The number of aliphatic imine (C=N–C) groups is 1. The molecule has 0 aliphatic carbocycles. The van der Waals surface area contributed by atoms with Crippen LogP contribution < -0.4 is 5.32 Å². The fourth-order valence-electron chi connectivity index (χ4n) is 1.28. The lowest BCUT2D eigenvalue weighted by Gasteiger charge is -2.25. The van der Waals surface area contributed by atoms with E-state index in [0.29, 0.717) is 11.6 Å². The number of ether oxygens (including phenoxy) is 1. The third-order valence-corrected chi connectivity index (χ3v) is 2.63. The fraction of sp³-hybridized carbons (Fsp3) is 0.692. The molecular weight excluding hydrogens is 248 g/mol. The van der Waals surface area contributed by atoms with Crippen LogP contribution in [0.2, 0.25) is 0 Å². The Morgan fingerprint density at radius 1 is 1.50 bits per heavy atom. The lowest BCUT2D eigenvalue weighted by Crippen LogP contribution is -2.43. The van der Waals surface area contributed by atoms with Crippen molar-refractivity contribution in [3.05, 3.63) is 12.2 Å². The van der Waals surface area contributed by atoms with Crippen LogP contribution in [0.3, 0.4) is 0 Å². The highest BCUT2D eigenvalue weighted by atomic mass is 32.2. The molecule has 0 aliphatic rings. The van der Waals surface area contributed by atoms with Crippen LogP contribution in [0.5, 0.6) is 0 Å². The minimum atomic E-state index is -0.491. The summed E-state index contributed by atoms with van der Waals surface area (Å²) in [6, 6.07) is -0.437. The van der Waals surface area contributed by atoms with Crippen LogP contribution in [-0.4, -0.2) is 36.1 Å². The molecule has 0 heterocycles. The highest BCUT2D eigenvalue weighted by molar-refractivity contribution is 8.13. The van der Waals surface area contributed by atoms with E-state index in [9.17, 15) is 4.79 Å². The van der Waals surface area contributed by atoms with Crippen molar-refractivity contribution in [3.8, 4) is 0 Å². The fourth-order valence-corrected chi connectivity index (χ4v) is 1.72. The molecule has 5 heteroatoms. The van der Waals surface area contributed by atoms with Crippen molar-refractivity contribution in [2.24, 2.45) is 4.99 Å². The molecule has 0 bridgehead atoms. The predicted molar refractivity (Wildman–Crippen MR) is 79.1 cm³/mol. The van der Waals surface area contributed by atoms with Crippen LogP contribution >= 0.6 is 11.8 Å². The van der Waals surface area contributed by atoms with Crippen LogP contribution in [0, 0.1) is 0 Å². The van der Waals surface area contributed by atoms with Crippen molar-refractivity contribution >= 4 is 22.9 Å². The van der Waals surface area contributed by atoms with E-state index in [1.165, 1.54) is 11.8 Å². The van der Waals surface area contributed by atoms with Crippen molar-refractivity contribution in [2.45, 2.75) is 45.8 Å². The highest BCUT2D eigenvalue weighted by Crippen LogP contribution is 2.13. The maximum atomic E-state index is 12.1. The van der Waals surface area contributed by atoms with Gasteiger partial charge in [0.05, 0.1) is 0 Å². The molecule has 1 N–H and O–H groups in total. The second-order valence-electron chi connectivity index (χ2n) is 5.12. The molecule has 0 radical (unpaired) electrons. The Labute approximate surface area is 114 Å². The zero-order valence-electron chi connectivity index (χ0n) is 12.2. The summed E-state index contributed by atoms with van der Waals surface area (Å²) in [5.41, 5.74) is 0.435. The topological polar surface area (TPSA) is 50.7 Å². The first-order chi connectivity index (χ1) is 8.19.